The van der Waals surface area contributed by atoms with Crippen LogP contribution in [0.2, 0.25) is 10.0 Å². The summed E-state index contributed by atoms with van der Waals surface area (Å²) < 4.78 is 5.77. The van der Waals surface area contributed by atoms with Gasteiger partial charge in [0, 0.05) is 29.1 Å². The Morgan fingerprint density at radius 1 is 0.889 bits per heavy atom. The van der Waals surface area contributed by atoms with E-state index in [0.717, 1.165) is 36.8 Å². The van der Waals surface area contributed by atoms with Gasteiger partial charge in [0.25, 0.3) is 5.91 Å². The first-order valence-electron chi connectivity index (χ1n) is 12.2. The molecule has 0 saturated heterocycles. The monoisotopic (exact) mass is 524 g/mol. The van der Waals surface area contributed by atoms with Crippen molar-refractivity contribution in [3.63, 3.8) is 0 Å². The molecule has 1 fully saturated rings. The van der Waals surface area contributed by atoms with Gasteiger partial charge >= 0.3 is 0 Å². The summed E-state index contributed by atoms with van der Waals surface area (Å²) >= 11 is 12.3. The van der Waals surface area contributed by atoms with Gasteiger partial charge < -0.3 is 15.0 Å². The fourth-order valence-corrected chi connectivity index (χ4v) is 4.93. The van der Waals surface area contributed by atoms with E-state index in [4.69, 9.17) is 27.9 Å². The number of ether oxygens (including phenoxy) is 1. The van der Waals surface area contributed by atoms with Crippen LogP contribution in [0.25, 0.3) is 0 Å². The van der Waals surface area contributed by atoms with Crippen LogP contribution >= 0.6 is 23.2 Å². The molecule has 0 heterocycles. The van der Waals surface area contributed by atoms with Crippen molar-refractivity contribution in [2.45, 2.75) is 50.7 Å². The molecular weight excluding hydrogens is 495 g/mol. The van der Waals surface area contributed by atoms with Crippen LogP contribution in [0.5, 0.6) is 5.75 Å². The number of rotatable bonds is 10. The van der Waals surface area contributed by atoms with Crippen molar-refractivity contribution in [2.75, 3.05) is 6.61 Å². The van der Waals surface area contributed by atoms with Gasteiger partial charge in [-0.3, -0.25) is 9.59 Å². The molecule has 188 valence electrons. The van der Waals surface area contributed by atoms with Crippen LogP contribution in [0, 0.1) is 0 Å². The van der Waals surface area contributed by atoms with Crippen molar-refractivity contribution in [2.24, 2.45) is 0 Å². The minimum absolute atomic E-state index is 0.140. The SMILES string of the molecule is O=C(NC1CCCC1)[C@@H](Cc1ccccc1)N(Cc1cccc(Cl)c1)C(=O)COc1cccc(Cl)c1. The molecular formula is C29H30Cl2N2O3. The Morgan fingerprint density at radius 2 is 1.56 bits per heavy atom. The maximum absolute atomic E-state index is 13.6. The third-order valence-corrected chi connectivity index (χ3v) is 6.84. The summed E-state index contributed by atoms with van der Waals surface area (Å²) in [6.45, 7) is 0.0107. The summed E-state index contributed by atoms with van der Waals surface area (Å²) in [7, 11) is 0. The van der Waals surface area contributed by atoms with E-state index in [1.54, 1.807) is 35.2 Å². The second-order valence-corrected chi connectivity index (χ2v) is 9.97. The van der Waals surface area contributed by atoms with E-state index >= 15 is 0 Å². The van der Waals surface area contributed by atoms with Crippen molar-refractivity contribution in [1.29, 1.82) is 0 Å². The van der Waals surface area contributed by atoms with Gasteiger partial charge in [0.2, 0.25) is 5.91 Å². The Bertz CT molecular complexity index is 1170. The number of hydrogen-bond acceptors (Lipinski definition) is 3. The minimum Gasteiger partial charge on any atom is -0.484 e. The summed E-state index contributed by atoms with van der Waals surface area (Å²) in [5.41, 5.74) is 1.81. The second-order valence-electron chi connectivity index (χ2n) is 9.09. The summed E-state index contributed by atoms with van der Waals surface area (Å²) in [6.07, 6.45) is 4.52. The normalized spacial score (nSPS) is 14.3. The summed E-state index contributed by atoms with van der Waals surface area (Å²) in [6, 6.07) is 23.4. The average Bonchev–Trinajstić information content (AvgIpc) is 3.38. The third kappa shape index (κ3) is 7.49. The molecule has 36 heavy (non-hydrogen) atoms. The molecule has 0 bridgehead atoms. The number of halogens is 2. The molecule has 1 atom stereocenters. The van der Waals surface area contributed by atoms with E-state index in [0.29, 0.717) is 22.2 Å². The standard InChI is InChI=1S/C29H30Cl2N2O3/c30-23-11-6-10-22(16-23)19-33(28(34)20-36-26-15-7-12-24(31)18-26)27(17-21-8-2-1-3-9-21)29(35)32-25-13-4-5-14-25/h1-3,6-12,15-16,18,25,27H,4-5,13-14,17,19-20H2,(H,32,35)/t27-/m1/s1. The van der Waals surface area contributed by atoms with Gasteiger partial charge in [-0.05, 0) is 54.3 Å². The lowest BCUT2D eigenvalue weighted by Gasteiger charge is -2.32. The quantitative estimate of drug-likeness (QED) is 0.350. The van der Waals surface area contributed by atoms with Crippen LogP contribution in [0.15, 0.2) is 78.9 Å². The predicted molar refractivity (Wildman–Crippen MR) is 143 cm³/mol. The maximum Gasteiger partial charge on any atom is 0.261 e. The molecule has 3 aromatic rings. The first-order chi connectivity index (χ1) is 17.5. The van der Waals surface area contributed by atoms with E-state index in [1.807, 2.05) is 48.5 Å². The smallest absolute Gasteiger partial charge is 0.261 e. The second kappa shape index (κ2) is 12.8. The van der Waals surface area contributed by atoms with Crippen LogP contribution in [0.3, 0.4) is 0 Å². The number of nitrogens with zero attached hydrogens (tertiary/aromatic N) is 1. The summed E-state index contributed by atoms with van der Waals surface area (Å²) in [4.78, 5) is 28.9. The fraction of sp³-hybridized carbons (Fsp3) is 0.310. The molecule has 7 heteroatoms. The Balaban J connectivity index is 1.61. The van der Waals surface area contributed by atoms with Crippen molar-refractivity contribution >= 4 is 35.0 Å². The van der Waals surface area contributed by atoms with Gasteiger partial charge in [-0.15, -0.1) is 0 Å². The van der Waals surface area contributed by atoms with Crippen molar-refractivity contribution in [3.8, 4) is 5.75 Å². The number of carbonyl (C=O) groups excluding carboxylic acids is 2. The molecule has 1 N–H and O–H groups in total. The maximum atomic E-state index is 13.6. The van der Waals surface area contributed by atoms with Crippen LogP contribution in [-0.4, -0.2) is 35.4 Å². The molecule has 0 radical (unpaired) electrons. The minimum atomic E-state index is -0.706. The van der Waals surface area contributed by atoms with Gasteiger partial charge in [0.1, 0.15) is 11.8 Å². The van der Waals surface area contributed by atoms with Crippen LogP contribution in [0.4, 0.5) is 0 Å². The Hall–Kier alpha value is -3.02. The highest BCUT2D eigenvalue weighted by Crippen LogP contribution is 2.22. The van der Waals surface area contributed by atoms with E-state index < -0.39 is 6.04 Å². The summed E-state index contributed by atoms with van der Waals surface area (Å²) in [5, 5.41) is 4.29. The molecule has 5 nitrogen and oxygen atoms in total. The molecule has 1 aliphatic carbocycles. The zero-order valence-electron chi connectivity index (χ0n) is 20.0. The number of hydrogen-bond donors (Lipinski definition) is 1. The lowest BCUT2D eigenvalue weighted by atomic mass is 10.0. The first-order valence-corrected chi connectivity index (χ1v) is 13.0. The van der Waals surface area contributed by atoms with Gasteiger partial charge in [-0.25, -0.2) is 0 Å². The van der Waals surface area contributed by atoms with Gasteiger partial charge in [0.05, 0.1) is 0 Å². The predicted octanol–water partition coefficient (Wildman–Crippen LogP) is 6.07. The molecule has 1 aliphatic rings. The third-order valence-electron chi connectivity index (χ3n) is 6.37. The largest absolute Gasteiger partial charge is 0.484 e. The Labute approximate surface area is 222 Å². The zero-order valence-corrected chi connectivity index (χ0v) is 21.5. The number of amides is 2. The fourth-order valence-electron chi connectivity index (χ4n) is 4.54. The molecule has 4 rings (SSSR count). The topological polar surface area (TPSA) is 58.6 Å². The zero-order chi connectivity index (χ0) is 25.3. The average molecular weight is 525 g/mol. The molecule has 2 amide bonds. The van der Waals surface area contributed by atoms with E-state index in [1.165, 1.54) is 0 Å². The van der Waals surface area contributed by atoms with Crippen molar-refractivity contribution in [1.82, 2.24) is 10.2 Å². The molecule has 0 unspecified atom stereocenters. The number of nitrogens with one attached hydrogen (secondary N) is 1. The number of benzene rings is 3. The van der Waals surface area contributed by atoms with Crippen molar-refractivity contribution in [3.05, 3.63) is 100 Å². The van der Waals surface area contributed by atoms with Gasteiger partial charge in [0.15, 0.2) is 6.61 Å². The van der Waals surface area contributed by atoms with Gasteiger partial charge in [-0.2, -0.15) is 0 Å². The van der Waals surface area contributed by atoms with Crippen LogP contribution < -0.4 is 10.1 Å². The van der Waals surface area contributed by atoms with E-state index in [-0.39, 0.29) is 31.0 Å². The number of carbonyl (C=O) groups is 2. The van der Waals surface area contributed by atoms with Crippen LogP contribution in [0.1, 0.15) is 36.8 Å². The highest BCUT2D eigenvalue weighted by molar-refractivity contribution is 6.30. The summed E-state index contributed by atoms with van der Waals surface area (Å²) in [5.74, 6) is 0.0508. The Morgan fingerprint density at radius 3 is 2.25 bits per heavy atom. The Kier molecular flexibility index (Phi) is 9.26. The van der Waals surface area contributed by atoms with E-state index in [9.17, 15) is 9.59 Å². The molecule has 0 aliphatic heterocycles. The molecule has 1 saturated carbocycles. The van der Waals surface area contributed by atoms with Gasteiger partial charge in [-0.1, -0.05) is 84.6 Å². The first kappa shape index (κ1) is 26.1. The molecule has 0 spiro atoms. The molecule has 0 aromatic heterocycles. The van der Waals surface area contributed by atoms with Crippen LogP contribution in [-0.2, 0) is 22.6 Å². The lowest BCUT2D eigenvalue weighted by Crippen LogP contribution is -2.53. The highest BCUT2D eigenvalue weighted by atomic mass is 35.5. The van der Waals surface area contributed by atoms with E-state index in [2.05, 4.69) is 5.32 Å². The lowest BCUT2D eigenvalue weighted by molar-refractivity contribution is -0.143. The highest BCUT2D eigenvalue weighted by Gasteiger charge is 2.32. The van der Waals surface area contributed by atoms with Crippen molar-refractivity contribution < 1.29 is 14.3 Å². The molecule has 3 aromatic carbocycles.